The zero-order valence-electron chi connectivity index (χ0n) is 10.4. The molecule has 3 rings (SSSR count). The van der Waals surface area contributed by atoms with Crippen LogP contribution in [0.3, 0.4) is 0 Å². The number of Topliss-reactive ketones (excluding diaryl/α,β-unsaturated/α-hetero) is 1. The van der Waals surface area contributed by atoms with Gasteiger partial charge in [0.1, 0.15) is 0 Å². The monoisotopic (exact) mass is 316 g/mol. The lowest BCUT2D eigenvalue weighted by atomic mass is 9.99. The van der Waals surface area contributed by atoms with Crippen LogP contribution in [0.25, 0.3) is 0 Å². The topological polar surface area (TPSA) is 26.3 Å². The Kier molecular flexibility index (Phi) is 3.49. The van der Waals surface area contributed by atoms with Crippen molar-refractivity contribution in [1.82, 2.24) is 0 Å². The van der Waals surface area contributed by atoms with Gasteiger partial charge in [0, 0.05) is 16.5 Å². The van der Waals surface area contributed by atoms with E-state index < -0.39 is 0 Å². The molecule has 1 aliphatic heterocycles. The van der Waals surface area contributed by atoms with E-state index in [0.717, 1.165) is 21.2 Å². The first kappa shape index (κ1) is 12.6. The predicted octanol–water partition coefficient (Wildman–Crippen LogP) is 3.90. The Morgan fingerprint density at radius 3 is 2.79 bits per heavy atom. The molecule has 2 aromatic carbocycles. The van der Waals surface area contributed by atoms with Crippen molar-refractivity contribution in [2.24, 2.45) is 0 Å². The van der Waals surface area contributed by atoms with Crippen molar-refractivity contribution in [2.45, 2.75) is 19.6 Å². The van der Waals surface area contributed by atoms with Crippen LogP contribution in [-0.2, 0) is 24.4 Å². The predicted molar refractivity (Wildman–Crippen MR) is 77.1 cm³/mol. The van der Waals surface area contributed by atoms with E-state index in [2.05, 4.69) is 15.9 Å². The fourth-order valence-electron chi connectivity index (χ4n) is 2.28. The molecule has 0 saturated heterocycles. The molecule has 0 fully saturated rings. The van der Waals surface area contributed by atoms with Crippen LogP contribution in [0.1, 0.15) is 27.0 Å². The highest BCUT2D eigenvalue weighted by Gasteiger charge is 2.14. The maximum Gasteiger partial charge on any atom is 0.167 e. The molecule has 1 aliphatic rings. The summed E-state index contributed by atoms with van der Waals surface area (Å²) in [5.74, 6) is 0.146. The van der Waals surface area contributed by atoms with Gasteiger partial charge in [0.2, 0.25) is 0 Å². The second kappa shape index (κ2) is 5.27. The van der Waals surface area contributed by atoms with Gasteiger partial charge in [0.05, 0.1) is 13.2 Å². The molecule has 0 unspecified atom stereocenters. The minimum atomic E-state index is 0.146. The van der Waals surface area contributed by atoms with Gasteiger partial charge in [0.15, 0.2) is 5.78 Å². The van der Waals surface area contributed by atoms with Crippen molar-refractivity contribution in [1.29, 1.82) is 0 Å². The van der Waals surface area contributed by atoms with Crippen LogP contribution >= 0.6 is 15.9 Å². The molecule has 0 aromatic heterocycles. The van der Waals surface area contributed by atoms with Gasteiger partial charge in [-0.1, -0.05) is 40.2 Å². The van der Waals surface area contributed by atoms with E-state index in [-0.39, 0.29) is 5.78 Å². The molecule has 1 heterocycles. The van der Waals surface area contributed by atoms with Gasteiger partial charge < -0.3 is 4.74 Å². The highest BCUT2D eigenvalue weighted by Crippen LogP contribution is 2.22. The first-order chi connectivity index (χ1) is 9.22. The molecule has 0 atom stereocenters. The molecule has 19 heavy (non-hydrogen) atoms. The van der Waals surface area contributed by atoms with Gasteiger partial charge in [-0.25, -0.2) is 0 Å². The zero-order chi connectivity index (χ0) is 13.2. The Morgan fingerprint density at radius 2 is 1.95 bits per heavy atom. The number of ketones is 1. The number of fused-ring (bicyclic) bond motifs is 1. The van der Waals surface area contributed by atoms with Crippen molar-refractivity contribution in [2.75, 3.05) is 0 Å². The molecule has 0 saturated carbocycles. The van der Waals surface area contributed by atoms with Crippen molar-refractivity contribution < 1.29 is 9.53 Å². The summed E-state index contributed by atoms with van der Waals surface area (Å²) < 4.78 is 6.37. The summed E-state index contributed by atoms with van der Waals surface area (Å²) in [5.41, 5.74) is 4.12. The molecule has 2 nitrogen and oxygen atoms in total. The summed E-state index contributed by atoms with van der Waals surface area (Å²) in [6, 6.07) is 13.7. The number of benzene rings is 2. The standard InChI is InChI=1S/C16H13BrO2/c17-15-3-1-2-11(6-15)7-16(18)12-4-5-13-9-19-10-14(13)8-12/h1-6,8H,7,9-10H2. The molecule has 0 bridgehead atoms. The van der Waals surface area contributed by atoms with Crippen molar-refractivity contribution >= 4 is 21.7 Å². The Hall–Kier alpha value is -1.45. The fraction of sp³-hybridized carbons (Fsp3) is 0.188. The maximum atomic E-state index is 12.3. The molecule has 0 aliphatic carbocycles. The van der Waals surface area contributed by atoms with Crippen LogP contribution in [0, 0.1) is 0 Å². The van der Waals surface area contributed by atoms with E-state index in [1.54, 1.807) is 0 Å². The lowest BCUT2D eigenvalue weighted by molar-refractivity contribution is 0.0993. The van der Waals surface area contributed by atoms with E-state index in [1.165, 1.54) is 5.56 Å². The molecule has 2 aromatic rings. The minimum Gasteiger partial charge on any atom is -0.372 e. The van der Waals surface area contributed by atoms with Gasteiger partial charge in [-0.2, -0.15) is 0 Å². The van der Waals surface area contributed by atoms with Gasteiger partial charge in [-0.05, 0) is 34.9 Å². The molecule has 3 heteroatoms. The van der Waals surface area contributed by atoms with Crippen molar-refractivity contribution in [3.8, 4) is 0 Å². The van der Waals surface area contributed by atoms with E-state index in [9.17, 15) is 4.79 Å². The number of carbonyl (C=O) groups is 1. The van der Waals surface area contributed by atoms with Crippen molar-refractivity contribution in [3.05, 3.63) is 69.2 Å². The Bertz CT molecular complexity index is 634. The van der Waals surface area contributed by atoms with Crippen LogP contribution in [0.2, 0.25) is 0 Å². The van der Waals surface area contributed by atoms with E-state index in [1.807, 2.05) is 42.5 Å². The van der Waals surface area contributed by atoms with Crippen LogP contribution in [0.4, 0.5) is 0 Å². The smallest absolute Gasteiger partial charge is 0.167 e. The maximum absolute atomic E-state index is 12.3. The zero-order valence-corrected chi connectivity index (χ0v) is 11.9. The van der Waals surface area contributed by atoms with E-state index >= 15 is 0 Å². The summed E-state index contributed by atoms with van der Waals surface area (Å²) >= 11 is 3.42. The normalized spacial score (nSPS) is 13.3. The lowest BCUT2D eigenvalue weighted by Crippen LogP contribution is -2.04. The summed E-state index contributed by atoms with van der Waals surface area (Å²) in [7, 11) is 0. The summed E-state index contributed by atoms with van der Waals surface area (Å²) in [6.07, 6.45) is 0.430. The molecule has 0 radical (unpaired) electrons. The van der Waals surface area contributed by atoms with Gasteiger partial charge in [-0.15, -0.1) is 0 Å². The van der Waals surface area contributed by atoms with Crippen LogP contribution in [-0.4, -0.2) is 5.78 Å². The van der Waals surface area contributed by atoms with Gasteiger partial charge in [0.25, 0.3) is 0 Å². The molecule has 0 spiro atoms. The Balaban J connectivity index is 1.81. The van der Waals surface area contributed by atoms with Crippen LogP contribution < -0.4 is 0 Å². The van der Waals surface area contributed by atoms with Crippen LogP contribution in [0.5, 0.6) is 0 Å². The second-order valence-corrected chi connectivity index (χ2v) is 5.62. The fourth-order valence-corrected chi connectivity index (χ4v) is 2.73. The van der Waals surface area contributed by atoms with Crippen molar-refractivity contribution in [3.63, 3.8) is 0 Å². The van der Waals surface area contributed by atoms with E-state index in [4.69, 9.17) is 4.74 Å². The average Bonchev–Trinajstić information content (AvgIpc) is 2.85. The third kappa shape index (κ3) is 2.77. The van der Waals surface area contributed by atoms with Gasteiger partial charge in [-0.3, -0.25) is 4.79 Å². The number of ether oxygens (including phenoxy) is 1. The second-order valence-electron chi connectivity index (χ2n) is 4.71. The van der Waals surface area contributed by atoms with Crippen LogP contribution in [0.15, 0.2) is 46.9 Å². The Morgan fingerprint density at radius 1 is 1.11 bits per heavy atom. The molecular weight excluding hydrogens is 304 g/mol. The summed E-state index contributed by atoms with van der Waals surface area (Å²) in [6.45, 7) is 1.28. The largest absolute Gasteiger partial charge is 0.372 e. The number of hydrogen-bond donors (Lipinski definition) is 0. The molecular formula is C16H13BrO2. The highest BCUT2D eigenvalue weighted by atomic mass is 79.9. The average molecular weight is 317 g/mol. The summed E-state index contributed by atoms with van der Waals surface area (Å²) in [5, 5.41) is 0. The molecule has 96 valence electrons. The molecule has 0 amide bonds. The summed E-state index contributed by atoms with van der Waals surface area (Å²) in [4.78, 5) is 12.3. The third-order valence-electron chi connectivity index (χ3n) is 3.30. The number of rotatable bonds is 3. The SMILES string of the molecule is O=C(Cc1cccc(Br)c1)c1ccc2c(c1)COC2. The third-order valence-corrected chi connectivity index (χ3v) is 3.79. The minimum absolute atomic E-state index is 0.146. The Labute approximate surface area is 120 Å². The highest BCUT2D eigenvalue weighted by molar-refractivity contribution is 9.10. The first-order valence-corrected chi connectivity index (χ1v) is 6.99. The molecule has 0 N–H and O–H groups in total. The lowest BCUT2D eigenvalue weighted by Gasteiger charge is -2.04. The van der Waals surface area contributed by atoms with E-state index in [0.29, 0.717) is 19.6 Å². The quantitative estimate of drug-likeness (QED) is 0.803. The number of carbonyl (C=O) groups excluding carboxylic acids is 1. The number of hydrogen-bond acceptors (Lipinski definition) is 2. The van der Waals surface area contributed by atoms with Gasteiger partial charge >= 0.3 is 0 Å². The number of halogens is 1. The first-order valence-electron chi connectivity index (χ1n) is 6.19.